The second kappa shape index (κ2) is 51.9. The molecule has 11 amide bonds. The summed E-state index contributed by atoms with van der Waals surface area (Å²) in [5, 5.41) is 36.5. The van der Waals surface area contributed by atoms with Crippen LogP contribution in [0, 0.1) is 27.7 Å². The smallest absolute Gasteiger partial charge is 0.257 e. The number of aryl methyl sites for hydroxylation is 4. The van der Waals surface area contributed by atoms with Gasteiger partial charge in [-0.15, -0.1) is 0 Å². The first kappa shape index (κ1) is 107. The van der Waals surface area contributed by atoms with E-state index in [2.05, 4.69) is 137 Å². The van der Waals surface area contributed by atoms with Crippen LogP contribution in [0.25, 0.3) is 16.5 Å². The Bertz CT molecular complexity index is 7570. The van der Waals surface area contributed by atoms with Crippen LogP contribution in [0.1, 0.15) is 142 Å². The number of carbonyl (C=O) groups is 11. The maximum Gasteiger partial charge on any atom is 0.257 e. The molecule has 0 aliphatic heterocycles. The summed E-state index contributed by atoms with van der Waals surface area (Å²) in [5.74, 6) is -1.06. The normalized spacial score (nSPS) is 10.4. The lowest BCUT2D eigenvalue weighted by atomic mass is 10.1. The SMILES string of the molecule is C=CC(=O)Nc1cccc(Cc2ncc(NC(=O)c3cc(NC(=C)c4cccc(Cl)c4)ccc3C)cn2)c1.C=CC(=O)Nc1cccc(Cc2ncc(NC(=O)c3cc(NC(=O)c4ccc5ccccc5c4)ccc3C)cn2)c1.C=CC(=O)Nc1cccc(Cc2ncc(NC(=O)c3cc(NC(=O)c4cccc(C)c4)ccc3Cl)cn2)c1.C=CC(=O)Nc1cccc(Cc2ncc(NC(=O)c3cc(NC(C)=O)ccc3C)cn2)c1. The average Bonchev–Trinajstić information content (AvgIpc) is 0.829. The molecular weight excluding hydrogens is 1920 g/mol. The lowest BCUT2D eigenvalue weighted by molar-refractivity contribution is -0.114. The Morgan fingerprint density at radius 2 is 0.564 bits per heavy atom. The Balaban J connectivity index is 0.000000166. The van der Waals surface area contributed by atoms with Gasteiger partial charge in [0.1, 0.15) is 23.3 Å². The maximum atomic E-state index is 13.1. The predicted molar refractivity (Wildman–Crippen MR) is 587 cm³/mol. The zero-order valence-electron chi connectivity index (χ0n) is 81.4. The quantitative estimate of drug-likeness (QED) is 0.0174. The van der Waals surface area contributed by atoms with Crippen molar-refractivity contribution in [2.75, 3.05) is 63.8 Å². The fourth-order valence-corrected chi connectivity index (χ4v) is 15.0. The molecule has 0 saturated heterocycles. The lowest BCUT2D eigenvalue weighted by Crippen LogP contribution is -2.16. The van der Waals surface area contributed by atoms with Crippen LogP contribution in [0.4, 0.5) is 68.2 Å². The van der Waals surface area contributed by atoms with E-state index in [9.17, 15) is 52.7 Å². The molecular formula is C116H100Cl2N20O11. The highest BCUT2D eigenvalue weighted by Gasteiger charge is 2.21. The first-order valence-corrected chi connectivity index (χ1v) is 47.0. The minimum absolute atomic E-state index is 0.191. The van der Waals surface area contributed by atoms with Gasteiger partial charge < -0.3 is 63.8 Å². The second-order valence-corrected chi connectivity index (χ2v) is 34.4. The van der Waals surface area contributed by atoms with Gasteiger partial charge in [-0.25, -0.2) is 39.9 Å². The number of amides is 11. The van der Waals surface area contributed by atoms with E-state index >= 15 is 0 Å². The van der Waals surface area contributed by atoms with Crippen molar-refractivity contribution in [2.24, 2.45) is 0 Å². The molecule has 149 heavy (non-hydrogen) atoms. The highest BCUT2D eigenvalue weighted by molar-refractivity contribution is 6.34. The molecule has 0 radical (unpaired) electrons. The molecule has 31 nitrogen and oxygen atoms in total. The number of aromatic nitrogens is 8. The predicted octanol–water partition coefficient (Wildman–Crippen LogP) is 22.0. The maximum absolute atomic E-state index is 13.1. The topological polar surface area (TPSA) is 435 Å². The molecule has 16 rings (SSSR count). The molecule has 0 spiro atoms. The first-order valence-electron chi connectivity index (χ1n) is 46.2. The number of carbonyl (C=O) groups excluding carboxylic acids is 11. The molecule has 0 saturated carbocycles. The molecule has 0 fully saturated rings. The summed E-state index contributed by atoms with van der Waals surface area (Å²) in [6, 6.07) is 78.0. The summed E-state index contributed by atoms with van der Waals surface area (Å²) in [7, 11) is 0. The molecule has 4 aromatic heterocycles. The highest BCUT2D eigenvalue weighted by atomic mass is 35.5. The van der Waals surface area contributed by atoms with Gasteiger partial charge in [0.15, 0.2) is 0 Å². The molecule has 4 heterocycles. The number of hydrogen-bond donors (Lipinski definition) is 12. The van der Waals surface area contributed by atoms with Crippen LogP contribution in [0.5, 0.6) is 0 Å². The molecule has 16 aromatic rings. The van der Waals surface area contributed by atoms with E-state index in [0.717, 1.165) is 66.5 Å². The van der Waals surface area contributed by atoms with Gasteiger partial charge in [-0.2, -0.15) is 0 Å². The van der Waals surface area contributed by atoms with Gasteiger partial charge in [-0.3, -0.25) is 52.7 Å². The monoisotopic (exact) mass is 2020 g/mol. The number of halogens is 2. The van der Waals surface area contributed by atoms with Gasteiger partial charge >= 0.3 is 0 Å². The number of fused-ring (bicyclic) bond motifs is 1. The van der Waals surface area contributed by atoms with Gasteiger partial charge in [0.2, 0.25) is 29.5 Å². The first-order chi connectivity index (χ1) is 71.8. The molecule has 0 bridgehead atoms. The molecule has 0 aliphatic rings. The number of benzene rings is 12. The standard InChI is InChI=1S/C33H27N5O3.C30H26ClN5O2.C29H24ClN5O3.C24H23N5O3/c1-3-31(39)36-26-10-6-7-22(15-26)16-30-34-19-28(20-35-30)38-33(41)29-18-27(14-11-21(29)2)37-32(40)25-13-12-23-8-4-5-9-24(23)17-25;1-4-29(37)35-24-10-5-7-21(13-24)14-28-32-17-26(18-33-28)36-30(38)27-16-25(12-11-19(27)2)34-20(3)22-8-6-9-23(31)15-22;1-3-27(36)33-21-9-5-7-19(13-21)14-26-31-16-23(17-32-26)35-29(38)24-15-22(10-11-25(24)30)34-28(37)20-8-4-6-18(2)12-20;1-4-23(31)28-18-7-5-6-17(10-18)11-22-25-13-20(14-26-22)29-24(32)21-12-19(27-16(3)30)9-8-15(21)2/h3-15,17-20H,1,16H2,2H3,(H,36,39)(H,37,40)(H,38,41);4-13,15-18,34H,1,3,14H2,2H3,(H,35,37)(H,36,38);3-13,15-17H,1,14H2,2H3,(H,33,36)(H,34,37)(H,35,38);4-10,12-14H,1,11H2,2-3H3,(H,27,30)(H,28,31)(H,29,32). The zero-order chi connectivity index (χ0) is 106. The van der Waals surface area contributed by atoms with Crippen LogP contribution >= 0.6 is 23.2 Å². The van der Waals surface area contributed by atoms with Crippen LogP contribution in [-0.2, 0) is 49.7 Å². The van der Waals surface area contributed by atoms with E-state index < -0.39 is 5.91 Å². The molecule has 744 valence electrons. The van der Waals surface area contributed by atoms with Crippen molar-refractivity contribution in [1.29, 1.82) is 0 Å². The molecule has 0 atom stereocenters. The summed E-state index contributed by atoms with van der Waals surface area (Å²) in [6.07, 6.45) is 19.0. The highest BCUT2D eigenvalue weighted by Crippen LogP contribution is 2.30. The fraction of sp³-hybridized carbons (Fsp3) is 0.0776. The third-order valence-electron chi connectivity index (χ3n) is 22.1. The Morgan fingerprint density at radius 1 is 0.262 bits per heavy atom. The minimum atomic E-state index is -0.469. The van der Waals surface area contributed by atoms with Crippen LogP contribution in [0.2, 0.25) is 10.0 Å². The number of hydrogen-bond acceptors (Lipinski definition) is 20. The van der Waals surface area contributed by atoms with Crippen molar-refractivity contribution < 1.29 is 52.7 Å². The van der Waals surface area contributed by atoms with E-state index in [1.54, 1.807) is 134 Å². The summed E-state index contributed by atoms with van der Waals surface area (Å²) in [6.45, 7) is 26.7. The Morgan fingerprint density at radius 3 is 0.919 bits per heavy atom. The Labute approximate surface area is 868 Å². The number of nitrogens with one attached hydrogen (secondary N) is 12. The minimum Gasteiger partial charge on any atom is -0.356 e. The molecule has 12 N–H and O–H groups in total. The average molecular weight is 2020 g/mol. The molecule has 0 aliphatic carbocycles. The van der Waals surface area contributed by atoms with Crippen molar-refractivity contribution in [3.05, 3.63) is 484 Å². The zero-order valence-corrected chi connectivity index (χ0v) is 83.0. The third-order valence-corrected chi connectivity index (χ3v) is 22.6. The summed E-state index contributed by atoms with van der Waals surface area (Å²) >= 11 is 12.3. The van der Waals surface area contributed by atoms with Gasteiger partial charge in [0.25, 0.3) is 35.4 Å². The van der Waals surface area contributed by atoms with Gasteiger partial charge in [-0.1, -0.05) is 183 Å². The van der Waals surface area contributed by atoms with E-state index in [0.29, 0.717) is 150 Å². The number of nitrogens with zero attached hydrogens (tertiary/aromatic N) is 8. The Kier molecular flexibility index (Phi) is 37.2. The van der Waals surface area contributed by atoms with Crippen molar-refractivity contribution in [1.82, 2.24) is 39.9 Å². The lowest BCUT2D eigenvalue weighted by Gasteiger charge is -2.13. The number of rotatable bonds is 32. The largest absolute Gasteiger partial charge is 0.356 e. The van der Waals surface area contributed by atoms with Crippen molar-refractivity contribution in [3.63, 3.8) is 0 Å². The van der Waals surface area contributed by atoms with Gasteiger partial charge in [0, 0.05) is 117 Å². The van der Waals surface area contributed by atoms with Crippen LogP contribution in [-0.4, -0.2) is 105 Å². The van der Waals surface area contributed by atoms with Gasteiger partial charge in [-0.05, 0) is 247 Å². The summed E-state index contributed by atoms with van der Waals surface area (Å²) in [4.78, 5) is 169. The molecule has 12 aromatic carbocycles. The van der Waals surface area contributed by atoms with E-state index in [4.69, 9.17) is 23.2 Å². The fourth-order valence-electron chi connectivity index (χ4n) is 14.6. The van der Waals surface area contributed by atoms with E-state index in [1.807, 2.05) is 173 Å². The van der Waals surface area contributed by atoms with E-state index in [1.165, 1.54) is 62.1 Å². The van der Waals surface area contributed by atoms with Gasteiger partial charge in [0.05, 0.1) is 82.9 Å². The molecule has 33 heteroatoms. The van der Waals surface area contributed by atoms with Crippen LogP contribution in [0.3, 0.4) is 0 Å². The van der Waals surface area contributed by atoms with Crippen molar-refractivity contribution in [3.8, 4) is 0 Å². The van der Waals surface area contributed by atoms with Crippen LogP contribution < -0.4 is 63.8 Å². The van der Waals surface area contributed by atoms with Crippen molar-refractivity contribution >= 4 is 173 Å². The third kappa shape index (κ3) is 32.2. The second-order valence-electron chi connectivity index (χ2n) is 33.6. The van der Waals surface area contributed by atoms with Crippen molar-refractivity contribution in [2.45, 2.75) is 60.3 Å². The van der Waals surface area contributed by atoms with E-state index in [-0.39, 0.29) is 69.7 Å². The Hall–Kier alpha value is -19.5. The number of anilines is 12. The molecule has 0 unspecified atom stereocenters. The summed E-state index contributed by atoms with van der Waals surface area (Å²) < 4.78 is 0. The van der Waals surface area contributed by atoms with Crippen LogP contribution in [0.15, 0.2) is 368 Å². The summed E-state index contributed by atoms with van der Waals surface area (Å²) in [5.41, 5.74) is 17.7.